The van der Waals surface area contributed by atoms with E-state index in [-0.39, 0.29) is 0 Å². The van der Waals surface area contributed by atoms with E-state index < -0.39 is 0 Å². The van der Waals surface area contributed by atoms with Gasteiger partial charge >= 0.3 is 0 Å². The molecule has 2 aromatic rings. The second-order valence-electron chi connectivity index (χ2n) is 3.64. The first-order valence-electron chi connectivity index (χ1n) is 5.22. The molecule has 1 aromatic carbocycles. The van der Waals surface area contributed by atoms with Crippen LogP contribution in [0.2, 0.25) is 0 Å². The first-order chi connectivity index (χ1) is 7.27. The van der Waals surface area contributed by atoms with E-state index in [0.717, 1.165) is 29.6 Å². The number of aryl methyl sites for hydroxylation is 1. The van der Waals surface area contributed by atoms with E-state index in [2.05, 4.69) is 23.0 Å². The number of hydrogen-bond acceptors (Lipinski definition) is 2. The van der Waals surface area contributed by atoms with Gasteiger partial charge in [-0.05, 0) is 31.7 Å². The average Bonchev–Trinajstić information content (AvgIpc) is 2.59. The minimum atomic E-state index is 0.366. The molecule has 0 fully saturated rings. The third-order valence-electron chi connectivity index (χ3n) is 2.67. The van der Waals surface area contributed by atoms with Crippen molar-refractivity contribution in [1.82, 2.24) is 9.88 Å². The Hall–Kier alpha value is -1.48. The van der Waals surface area contributed by atoms with E-state index >= 15 is 0 Å². The fraction of sp³-hybridized carbons (Fsp3) is 0.333. The van der Waals surface area contributed by atoms with Crippen molar-refractivity contribution in [3.8, 4) is 5.75 Å². The van der Waals surface area contributed by atoms with Crippen LogP contribution in [0.25, 0.3) is 10.9 Å². The van der Waals surface area contributed by atoms with Crippen LogP contribution in [0.15, 0.2) is 24.4 Å². The van der Waals surface area contributed by atoms with Crippen LogP contribution >= 0.6 is 0 Å². The van der Waals surface area contributed by atoms with Gasteiger partial charge in [0.2, 0.25) is 0 Å². The molecule has 0 saturated carbocycles. The molecule has 3 heteroatoms. The third kappa shape index (κ3) is 1.59. The van der Waals surface area contributed by atoms with E-state index in [1.165, 1.54) is 0 Å². The highest BCUT2D eigenvalue weighted by molar-refractivity contribution is 5.89. The summed E-state index contributed by atoms with van der Waals surface area (Å²) in [4.78, 5) is 0. The SMILES string of the molecule is CCn1cc(CNC)c2c(O)cccc21. The third-order valence-corrected chi connectivity index (χ3v) is 2.67. The van der Waals surface area contributed by atoms with Crippen molar-refractivity contribution < 1.29 is 5.11 Å². The van der Waals surface area contributed by atoms with Gasteiger partial charge in [0, 0.05) is 24.7 Å². The number of fused-ring (bicyclic) bond motifs is 1. The molecule has 0 atom stereocenters. The zero-order valence-electron chi connectivity index (χ0n) is 9.12. The Morgan fingerprint density at radius 3 is 2.87 bits per heavy atom. The molecular weight excluding hydrogens is 188 g/mol. The van der Waals surface area contributed by atoms with Crippen molar-refractivity contribution >= 4 is 10.9 Å². The van der Waals surface area contributed by atoms with Crippen LogP contribution in [0.1, 0.15) is 12.5 Å². The second-order valence-corrected chi connectivity index (χ2v) is 3.64. The number of rotatable bonds is 3. The number of aromatic nitrogens is 1. The summed E-state index contributed by atoms with van der Waals surface area (Å²) in [6.45, 7) is 3.80. The van der Waals surface area contributed by atoms with Gasteiger partial charge in [-0.25, -0.2) is 0 Å². The Kier molecular flexibility index (Phi) is 2.64. The normalized spacial score (nSPS) is 11.1. The Labute approximate surface area is 89.3 Å². The standard InChI is InChI=1S/C12H16N2O/c1-3-14-8-9(7-13-2)12-10(14)5-4-6-11(12)15/h4-6,8,13,15H,3,7H2,1-2H3. The molecule has 0 aliphatic rings. The molecule has 0 saturated heterocycles. The molecule has 0 radical (unpaired) electrons. The number of phenolic OH excluding ortho intramolecular Hbond substituents is 1. The highest BCUT2D eigenvalue weighted by atomic mass is 16.3. The van der Waals surface area contributed by atoms with Crippen molar-refractivity contribution in [1.29, 1.82) is 0 Å². The zero-order chi connectivity index (χ0) is 10.8. The maximum atomic E-state index is 9.85. The first kappa shape index (κ1) is 10.1. The number of phenols is 1. The van der Waals surface area contributed by atoms with Gasteiger partial charge in [0.1, 0.15) is 5.75 Å². The number of benzene rings is 1. The molecule has 2 N–H and O–H groups in total. The van der Waals surface area contributed by atoms with E-state index in [0.29, 0.717) is 5.75 Å². The maximum absolute atomic E-state index is 9.85. The van der Waals surface area contributed by atoms with Gasteiger partial charge in [0.25, 0.3) is 0 Å². The molecule has 3 nitrogen and oxygen atoms in total. The van der Waals surface area contributed by atoms with E-state index in [1.807, 2.05) is 19.2 Å². The highest BCUT2D eigenvalue weighted by Gasteiger charge is 2.09. The monoisotopic (exact) mass is 204 g/mol. The summed E-state index contributed by atoms with van der Waals surface area (Å²) in [5.74, 6) is 0.366. The molecule has 0 unspecified atom stereocenters. The smallest absolute Gasteiger partial charge is 0.125 e. The van der Waals surface area contributed by atoms with Gasteiger partial charge < -0.3 is 15.0 Å². The lowest BCUT2D eigenvalue weighted by atomic mass is 10.1. The molecule has 80 valence electrons. The Balaban J connectivity index is 2.70. The molecule has 1 heterocycles. The molecule has 0 spiro atoms. The lowest BCUT2D eigenvalue weighted by molar-refractivity contribution is 0.481. The second kappa shape index (κ2) is 3.95. The minimum absolute atomic E-state index is 0.366. The maximum Gasteiger partial charge on any atom is 0.125 e. The number of hydrogen-bond donors (Lipinski definition) is 2. The van der Waals surface area contributed by atoms with Crippen molar-refractivity contribution in [2.24, 2.45) is 0 Å². The first-order valence-corrected chi connectivity index (χ1v) is 5.22. The molecule has 2 rings (SSSR count). The van der Waals surface area contributed by atoms with Gasteiger partial charge in [-0.2, -0.15) is 0 Å². The Morgan fingerprint density at radius 1 is 1.40 bits per heavy atom. The van der Waals surface area contributed by atoms with Gasteiger partial charge in [-0.3, -0.25) is 0 Å². The highest BCUT2D eigenvalue weighted by Crippen LogP contribution is 2.29. The van der Waals surface area contributed by atoms with Crippen LogP contribution in [0.5, 0.6) is 5.75 Å². The molecule has 0 bridgehead atoms. The Bertz CT molecular complexity index is 474. The lowest BCUT2D eigenvalue weighted by Gasteiger charge is -2.00. The number of nitrogens with zero attached hydrogens (tertiary/aromatic N) is 1. The van der Waals surface area contributed by atoms with Gasteiger partial charge in [-0.1, -0.05) is 6.07 Å². The topological polar surface area (TPSA) is 37.2 Å². The van der Waals surface area contributed by atoms with Crippen molar-refractivity contribution in [3.63, 3.8) is 0 Å². The summed E-state index contributed by atoms with van der Waals surface area (Å²) >= 11 is 0. The van der Waals surface area contributed by atoms with Crippen LogP contribution in [0, 0.1) is 0 Å². The molecule has 1 aromatic heterocycles. The molecule has 0 amide bonds. The van der Waals surface area contributed by atoms with Crippen LogP contribution in [0.4, 0.5) is 0 Å². The summed E-state index contributed by atoms with van der Waals surface area (Å²) < 4.78 is 2.15. The predicted molar refractivity (Wildman–Crippen MR) is 62.0 cm³/mol. The van der Waals surface area contributed by atoms with E-state index in [1.54, 1.807) is 6.07 Å². The van der Waals surface area contributed by atoms with E-state index in [9.17, 15) is 5.11 Å². The van der Waals surface area contributed by atoms with Crippen molar-refractivity contribution in [2.45, 2.75) is 20.0 Å². The van der Waals surface area contributed by atoms with Gasteiger partial charge in [-0.15, -0.1) is 0 Å². The fourth-order valence-electron chi connectivity index (χ4n) is 2.00. The largest absolute Gasteiger partial charge is 0.507 e. The van der Waals surface area contributed by atoms with Gasteiger partial charge in [0.05, 0.1) is 5.52 Å². The van der Waals surface area contributed by atoms with Crippen LogP contribution in [0.3, 0.4) is 0 Å². The summed E-state index contributed by atoms with van der Waals surface area (Å²) in [6.07, 6.45) is 2.10. The van der Waals surface area contributed by atoms with Crippen LogP contribution in [-0.4, -0.2) is 16.7 Å². The van der Waals surface area contributed by atoms with Gasteiger partial charge in [0.15, 0.2) is 0 Å². The lowest BCUT2D eigenvalue weighted by Crippen LogP contribution is -2.04. The zero-order valence-corrected chi connectivity index (χ0v) is 9.12. The predicted octanol–water partition coefficient (Wildman–Crippen LogP) is 2.09. The quantitative estimate of drug-likeness (QED) is 0.803. The summed E-state index contributed by atoms with van der Waals surface area (Å²) in [5, 5.41) is 13.9. The van der Waals surface area contributed by atoms with Crippen LogP contribution < -0.4 is 5.32 Å². The molecular formula is C12H16N2O. The molecule has 0 aliphatic heterocycles. The number of nitrogens with one attached hydrogen (secondary N) is 1. The fourth-order valence-corrected chi connectivity index (χ4v) is 2.00. The average molecular weight is 204 g/mol. The molecule has 0 aliphatic carbocycles. The number of aromatic hydroxyl groups is 1. The summed E-state index contributed by atoms with van der Waals surface area (Å²) in [5.41, 5.74) is 2.25. The minimum Gasteiger partial charge on any atom is -0.507 e. The van der Waals surface area contributed by atoms with Crippen molar-refractivity contribution in [3.05, 3.63) is 30.0 Å². The Morgan fingerprint density at radius 2 is 2.20 bits per heavy atom. The van der Waals surface area contributed by atoms with Crippen LogP contribution in [-0.2, 0) is 13.1 Å². The summed E-state index contributed by atoms with van der Waals surface area (Å²) in [7, 11) is 1.91. The summed E-state index contributed by atoms with van der Waals surface area (Å²) in [6, 6.07) is 5.66. The van der Waals surface area contributed by atoms with E-state index in [4.69, 9.17) is 0 Å². The van der Waals surface area contributed by atoms with Crippen molar-refractivity contribution in [2.75, 3.05) is 7.05 Å². The molecule has 15 heavy (non-hydrogen) atoms.